The molecule has 1 aromatic carbocycles. The van der Waals surface area contributed by atoms with Crippen LogP contribution in [0, 0.1) is 6.07 Å². The molecule has 0 N–H and O–H groups in total. The van der Waals surface area contributed by atoms with Crippen LogP contribution in [0.25, 0.3) is 4.85 Å². The van der Waals surface area contributed by atoms with Crippen LogP contribution < -0.4 is 9.47 Å². The van der Waals surface area contributed by atoms with Crippen molar-refractivity contribution in [2.24, 2.45) is 0 Å². The Hall–Kier alpha value is -2.54. The van der Waals surface area contributed by atoms with Gasteiger partial charge in [0, 0.05) is 12.4 Å². The summed E-state index contributed by atoms with van der Waals surface area (Å²) >= 11 is 0. The van der Waals surface area contributed by atoms with Crippen LogP contribution >= 0.6 is 0 Å². The highest BCUT2D eigenvalue weighted by Crippen LogP contribution is 2.35. The lowest BCUT2D eigenvalue weighted by atomic mass is 9.92. The summed E-state index contributed by atoms with van der Waals surface area (Å²) in [4.78, 5) is 8.49. The Morgan fingerprint density at radius 1 is 1.15 bits per heavy atom. The fourth-order valence-electron chi connectivity index (χ4n) is 3.52. The van der Waals surface area contributed by atoms with Crippen LogP contribution in [0.3, 0.4) is 0 Å². The SMILES string of the molecule is CC#[N+]CC(Cc1ccncc1)c1ccc(OC)c(OC2CCCC2)c1. The largest absolute Gasteiger partial charge is 0.493 e. The van der Waals surface area contributed by atoms with Crippen LogP contribution in [0.5, 0.6) is 11.5 Å². The van der Waals surface area contributed by atoms with Crippen LogP contribution in [0.1, 0.15) is 49.7 Å². The molecule has 1 aliphatic rings. The van der Waals surface area contributed by atoms with Crippen molar-refractivity contribution in [1.29, 1.82) is 0 Å². The van der Waals surface area contributed by atoms with E-state index in [9.17, 15) is 0 Å². The third-order valence-corrected chi connectivity index (χ3v) is 4.96. The predicted molar refractivity (Wildman–Crippen MR) is 104 cm³/mol. The van der Waals surface area contributed by atoms with E-state index in [2.05, 4.69) is 40.2 Å². The first-order valence-electron chi connectivity index (χ1n) is 9.37. The summed E-state index contributed by atoms with van der Waals surface area (Å²) in [5.74, 6) is 1.91. The van der Waals surface area contributed by atoms with Crippen molar-refractivity contribution >= 4 is 0 Å². The molecule has 1 unspecified atom stereocenters. The fraction of sp³-hybridized carbons (Fsp3) is 0.455. The number of hydrogen-bond acceptors (Lipinski definition) is 3. The molecule has 136 valence electrons. The number of methoxy groups -OCH3 is 1. The minimum atomic E-state index is 0.265. The molecule has 0 bridgehead atoms. The molecule has 0 amide bonds. The van der Waals surface area contributed by atoms with Crippen molar-refractivity contribution in [3.8, 4) is 17.6 Å². The summed E-state index contributed by atoms with van der Waals surface area (Å²) in [6.07, 6.45) is 9.64. The minimum absolute atomic E-state index is 0.265. The van der Waals surface area contributed by atoms with Gasteiger partial charge in [0.15, 0.2) is 11.5 Å². The lowest BCUT2D eigenvalue weighted by molar-refractivity contribution is 0.200. The summed E-state index contributed by atoms with van der Waals surface area (Å²) in [5.41, 5.74) is 2.47. The van der Waals surface area contributed by atoms with E-state index in [1.807, 2.05) is 25.4 Å². The van der Waals surface area contributed by atoms with Crippen molar-refractivity contribution in [2.75, 3.05) is 13.7 Å². The Balaban J connectivity index is 1.85. The van der Waals surface area contributed by atoms with E-state index in [-0.39, 0.29) is 5.92 Å². The van der Waals surface area contributed by atoms with Gasteiger partial charge in [0.25, 0.3) is 12.6 Å². The highest BCUT2D eigenvalue weighted by atomic mass is 16.5. The average molecular weight is 351 g/mol. The smallest absolute Gasteiger partial charge is 0.270 e. The molecule has 2 aromatic rings. The maximum atomic E-state index is 6.26. The first-order valence-corrected chi connectivity index (χ1v) is 9.37. The number of ether oxygens (including phenoxy) is 2. The fourth-order valence-corrected chi connectivity index (χ4v) is 3.52. The Morgan fingerprint density at radius 2 is 1.92 bits per heavy atom. The van der Waals surface area contributed by atoms with Gasteiger partial charge in [-0.3, -0.25) is 4.98 Å². The van der Waals surface area contributed by atoms with Gasteiger partial charge in [-0.1, -0.05) is 10.9 Å². The third-order valence-electron chi connectivity index (χ3n) is 4.96. The molecule has 3 rings (SSSR count). The van der Waals surface area contributed by atoms with Crippen molar-refractivity contribution in [2.45, 2.75) is 51.0 Å². The van der Waals surface area contributed by atoms with Crippen LogP contribution in [0.4, 0.5) is 0 Å². The zero-order chi connectivity index (χ0) is 18.2. The maximum absolute atomic E-state index is 6.26. The third kappa shape index (κ3) is 4.76. The van der Waals surface area contributed by atoms with Gasteiger partial charge < -0.3 is 9.47 Å². The summed E-state index contributed by atoms with van der Waals surface area (Å²) in [6.45, 7) is 2.54. The molecule has 0 spiro atoms. The maximum Gasteiger partial charge on any atom is 0.270 e. The molecule has 0 aliphatic heterocycles. The zero-order valence-electron chi connectivity index (χ0n) is 15.6. The summed E-state index contributed by atoms with van der Waals surface area (Å²) in [5, 5.41) is 0. The Bertz CT molecular complexity index is 759. The molecule has 1 aromatic heterocycles. The molecule has 1 aliphatic carbocycles. The first kappa shape index (κ1) is 18.3. The number of hydrogen-bond donors (Lipinski definition) is 0. The second-order valence-corrected chi connectivity index (χ2v) is 6.76. The Morgan fingerprint density at radius 3 is 2.62 bits per heavy atom. The first-order chi connectivity index (χ1) is 12.8. The molecule has 0 saturated heterocycles. The highest BCUT2D eigenvalue weighted by Gasteiger charge is 2.22. The van der Waals surface area contributed by atoms with Crippen molar-refractivity contribution in [3.05, 3.63) is 58.7 Å². The van der Waals surface area contributed by atoms with Gasteiger partial charge in [-0.05, 0) is 67.5 Å². The van der Waals surface area contributed by atoms with Gasteiger partial charge in [0.1, 0.15) is 0 Å². The minimum Gasteiger partial charge on any atom is -0.493 e. The van der Waals surface area contributed by atoms with Gasteiger partial charge in [-0.25, -0.2) is 0 Å². The molecule has 26 heavy (non-hydrogen) atoms. The number of benzene rings is 1. The van der Waals surface area contributed by atoms with Crippen molar-refractivity contribution in [1.82, 2.24) is 4.98 Å². The molecular weight excluding hydrogens is 324 g/mol. The van der Waals surface area contributed by atoms with E-state index in [0.717, 1.165) is 30.8 Å². The number of pyridine rings is 1. The van der Waals surface area contributed by atoms with Gasteiger partial charge >= 0.3 is 0 Å². The molecular formula is C22H27N2O2+. The number of nitrogens with zero attached hydrogens (tertiary/aromatic N) is 2. The number of rotatable bonds is 7. The topological polar surface area (TPSA) is 35.7 Å². The normalized spacial score (nSPS) is 15.2. The summed E-state index contributed by atoms with van der Waals surface area (Å²) in [6, 6.07) is 13.3. The standard InChI is InChI=1S/C22H27N2O2/c1-3-23-16-19(14-17-10-12-24-13-11-17)18-8-9-21(25-2)22(15-18)26-20-6-4-5-7-20/h8-13,15,19-20H,4-7,14,16H2,1-2H3/q+1. The molecule has 1 heterocycles. The Kier molecular flexibility index (Phi) is 6.49. The zero-order valence-corrected chi connectivity index (χ0v) is 15.6. The summed E-state index contributed by atoms with van der Waals surface area (Å²) in [7, 11) is 1.70. The second-order valence-electron chi connectivity index (χ2n) is 6.76. The van der Waals surface area contributed by atoms with Crippen molar-refractivity contribution < 1.29 is 9.47 Å². The number of aromatic nitrogens is 1. The summed E-state index contributed by atoms with van der Waals surface area (Å²) < 4.78 is 11.8. The molecule has 4 heteroatoms. The van der Waals surface area contributed by atoms with E-state index in [0.29, 0.717) is 12.6 Å². The van der Waals surface area contributed by atoms with E-state index in [1.165, 1.54) is 24.0 Å². The van der Waals surface area contributed by atoms with Gasteiger partial charge in [0.05, 0.1) is 26.1 Å². The molecule has 1 atom stereocenters. The van der Waals surface area contributed by atoms with Crippen LogP contribution in [0.2, 0.25) is 0 Å². The Labute approximate surface area is 156 Å². The van der Waals surface area contributed by atoms with Crippen molar-refractivity contribution in [3.63, 3.8) is 0 Å². The van der Waals surface area contributed by atoms with Gasteiger partial charge in [-0.2, -0.15) is 0 Å². The van der Waals surface area contributed by atoms with E-state index in [4.69, 9.17) is 9.47 Å². The predicted octanol–water partition coefficient (Wildman–Crippen LogP) is 5.09. The molecule has 0 radical (unpaired) electrons. The molecule has 1 fully saturated rings. The lowest BCUT2D eigenvalue weighted by Gasteiger charge is -2.18. The van der Waals surface area contributed by atoms with Gasteiger partial charge in [-0.15, -0.1) is 0 Å². The van der Waals surface area contributed by atoms with Crippen LogP contribution in [0.15, 0.2) is 42.7 Å². The van der Waals surface area contributed by atoms with E-state index >= 15 is 0 Å². The monoisotopic (exact) mass is 351 g/mol. The van der Waals surface area contributed by atoms with Gasteiger partial charge in [0.2, 0.25) is 0 Å². The highest BCUT2D eigenvalue weighted by molar-refractivity contribution is 5.44. The van der Waals surface area contributed by atoms with E-state index in [1.54, 1.807) is 7.11 Å². The second kappa shape index (κ2) is 9.24. The lowest BCUT2D eigenvalue weighted by Crippen LogP contribution is -2.13. The van der Waals surface area contributed by atoms with Crippen LogP contribution in [-0.2, 0) is 6.42 Å². The molecule has 1 saturated carbocycles. The van der Waals surface area contributed by atoms with E-state index < -0.39 is 0 Å². The molecule has 4 nitrogen and oxygen atoms in total. The quantitative estimate of drug-likeness (QED) is 0.697. The van der Waals surface area contributed by atoms with Crippen LogP contribution in [-0.4, -0.2) is 24.7 Å². The average Bonchev–Trinajstić information content (AvgIpc) is 3.19.